The molecule has 166 valence electrons. The molecule has 3 heterocycles. The molecule has 5 rings (SSSR count). The highest BCUT2D eigenvalue weighted by Crippen LogP contribution is 2.42. The van der Waals surface area contributed by atoms with Crippen molar-refractivity contribution in [3.63, 3.8) is 0 Å². The minimum atomic E-state index is -0.753. The summed E-state index contributed by atoms with van der Waals surface area (Å²) in [6.07, 6.45) is 4.73. The molecular formula is C24H22BrClF2N4. The number of rotatable bonds is 5. The maximum absolute atomic E-state index is 14.6. The normalized spacial score (nSPS) is 23.1. The van der Waals surface area contributed by atoms with Crippen LogP contribution >= 0.6 is 27.5 Å². The summed E-state index contributed by atoms with van der Waals surface area (Å²) in [7, 11) is 0. The first-order valence-corrected chi connectivity index (χ1v) is 11.8. The monoisotopic (exact) mass is 518 g/mol. The number of aromatic nitrogens is 2. The number of fused-ring (bicyclic) bond motifs is 3. The molecule has 0 unspecified atom stereocenters. The van der Waals surface area contributed by atoms with Gasteiger partial charge in [-0.2, -0.15) is 4.98 Å². The largest absolute Gasteiger partial charge is 0.349 e. The van der Waals surface area contributed by atoms with E-state index < -0.39 is 11.6 Å². The first-order chi connectivity index (χ1) is 15.5. The molecule has 0 spiro atoms. The SMILES string of the molecule is C=CC[C@@H]1[C@@H]2CC[C@H](CN1c1nc(Cl)nc3c(F)cc(F)c(Br)c13)N2Cc1ccccc1. The fourth-order valence-corrected chi connectivity index (χ4v) is 5.90. The van der Waals surface area contributed by atoms with E-state index in [4.69, 9.17) is 11.6 Å². The van der Waals surface area contributed by atoms with E-state index in [0.29, 0.717) is 23.8 Å². The summed E-state index contributed by atoms with van der Waals surface area (Å²) in [4.78, 5) is 13.2. The number of halogens is 4. The van der Waals surface area contributed by atoms with Gasteiger partial charge in [0.1, 0.15) is 17.2 Å². The number of hydrogen-bond acceptors (Lipinski definition) is 4. The molecule has 2 fully saturated rings. The Morgan fingerprint density at radius 2 is 1.94 bits per heavy atom. The molecule has 2 aliphatic heterocycles. The molecule has 2 bridgehead atoms. The van der Waals surface area contributed by atoms with E-state index in [0.717, 1.165) is 31.9 Å². The molecule has 0 saturated carbocycles. The number of piperazine rings is 1. The summed E-state index contributed by atoms with van der Waals surface area (Å²) in [5.41, 5.74) is 1.29. The predicted octanol–water partition coefficient (Wildman–Crippen LogP) is 6.12. The Morgan fingerprint density at radius 3 is 2.69 bits per heavy atom. The van der Waals surface area contributed by atoms with Gasteiger partial charge in [0.15, 0.2) is 5.82 Å². The van der Waals surface area contributed by atoms with Crippen LogP contribution in [0.1, 0.15) is 24.8 Å². The lowest BCUT2D eigenvalue weighted by molar-refractivity contribution is 0.128. The Hall–Kier alpha value is -2.09. The highest BCUT2D eigenvalue weighted by molar-refractivity contribution is 9.10. The Morgan fingerprint density at radius 1 is 1.16 bits per heavy atom. The molecule has 2 aliphatic rings. The number of benzene rings is 2. The van der Waals surface area contributed by atoms with Crippen molar-refractivity contribution >= 4 is 44.3 Å². The van der Waals surface area contributed by atoms with Gasteiger partial charge in [-0.3, -0.25) is 4.90 Å². The molecule has 0 amide bonds. The lowest BCUT2D eigenvalue weighted by Crippen LogP contribution is -2.59. The highest BCUT2D eigenvalue weighted by Gasteiger charge is 2.46. The van der Waals surface area contributed by atoms with Gasteiger partial charge in [-0.1, -0.05) is 36.4 Å². The van der Waals surface area contributed by atoms with E-state index in [1.807, 2.05) is 12.1 Å². The van der Waals surface area contributed by atoms with E-state index in [9.17, 15) is 8.78 Å². The van der Waals surface area contributed by atoms with E-state index in [2.05, 4.69) is 66.5 Å². The van der Waals surface area contributed by atoms with E-state index in [-0.39, 0.29) is 27.4 Å². The van der Waals surface area contributed by atoms with Crippen LogP contribution in [-0.4, -0.2) is 39.5 Å². The Balaban J connectivity index is 1.59. The van der Waals surface area contributed by atoms with Gasteiger partial charge in [0.2, 0.25) is 5.28 Å². The van der Waals surface area contributed by atoms with Gasteiger partial charge in [-0.05, 0) is 52.4 Å². The van der Waals surface area contributed by atoms with Crippen molar-refractivity contribution < 1.29 is 8.78 Å². The minimum absolute atomic E-state index is 0.0182. The quantitative estimate of drug-likeness (QED) is 0.231. The van der Waals surface area contributed by atoms with Crippen LogP contribution in [0.15, 0.2) is 53.5 Å². The van der Waals surface area contributed by atoms with E-state index in [1.54, 1.807) is 0 Å². The van der Waals surface area contributed by atoms with Crippen LogP contribution in [-0.2, 0) is 6.54 Å². The van der Waals surface area contributed by atoms with Crippen LogP contribution < -0.4 is 4.90 Å². The molecule has 0 N–H and O–H groups in total. The maximum Gasteiger partial charge on any atom is 0.225 e. The Kier molecular flexibility index (Phi) is 5.90. The molecular weight excluding hydrogens is 498 g/mol. The van der Waals surface area contributed by atoms with Gasteiger partial charge in [-0.25, -0.2) is 13.8 Å². The van der Waals surface area contributed by atoms with E-state index >= 15 is 0 Å². The molecule has 4 nitrogen and oxygen atoms in total. The number of anilines is 1. The fraction of sp³-hybridized carbons (Fsp3) is 0.333. The van der Waals surface area contributed by atoms with Gasteiger partial charge < -0.3 is 4.90 Å². The van der Waals surface area contributed by atoms with Gasteiger partial charge in [0.25, 0.3) is 0 Å². The lowest BCUT2D eigenvalue weighted by Gasteiger charge is -2.47. The minimum Gasteiger partial charge on any atom is -0.349 e. The van der Waals surface area contributed by atoms with Gasteiger partial charge in [-0.15, -0.1) is 6.58 Å². The third-order valence-corrected chi connectivity index (χ3v) is 7.55. The summed E-state index contributed by atoms with van der Waals surface area (Å²) in [5.74, 6) is -0.973. The Bertz CT molecular complexity index is 1180. The standard InChI is InChI=1S/C24H22BrClF2N4/c1-2-6-18-19-10-9-15(31(19)12-14-7-4-3-5-8-14)13-32(18)23-20-21(25)16(27)11-17(28)22(20)29-24(26)30-23/h2-5,7-8,11,15,18-19H,1,6,9-10,12-13H2/t15-,18-,19+/m1/s1. The van der Waals surface area contributed by atoms with Gasteiger partial charge >= 0.3 is 0 Å². The van der Waals surface area contributed by atoms with Crippen molar-refractivity contribution in [2.24, 2.45) is 0 Å². The fourth-order valence-electron chi connectivity index (χ4n) is 5.25. The molecule has 2 aromatic carbocycles. The van der Waals surface area contributed by atoms with Crippen molar-refractivity contribution in [2.45, 2.75) is 43.9 Å². The topological polar surface area (TPSA) is 32.3 Å². The van der Waals surface area contributed by atoms with Crippen LogP contribution in [0.3, 0.4) is 0 Å². The molecule has 8 heteroatoms. The molecule has 0 aliphatic carbocycles. The predicted molar refractivity (Wildman–Crippen MR) is 127 cm³/mol. The summed E-state index contributed by atoms with van der Waals surface area (Å²) in [6.45, 7) is 5.53. The van der Waals surface area contributed by atoms with Crippen LogP contribution in [0, 0.1) is 11.6 Å². The van der Waals surface area contributed by atoms with Gasteiger partial charge in [0.05, 0.1) is 9.86 Å². The summed E-state index contributed by atoms with van der Waals surface area (Å²) in [6, 6.07) is 11.9. The van der Waals surface area contributed by atoms with E-state index in [1.165, 1.54) is 5.56 Å². The average molecular weight is 520 g/mol. The van der Waals surface area contributed by atoms with Crippen LogP contribution in [0.4, 0.5) is 14.6 Å². The summed E-state index contributed by atoms with van der Waals surface area (Å²) < 4.78 is 29.2. The summed E-state index contributed by atoms with van der Waals surface area (Å²) in [5, 5.41) is 0.262. The van der Waals surface area contributed by atoms with Crippen LogP contribution in [0.2, 0.25) is 5.28 Å². The van der Waals surface area contributed by atoms with Crippen molar-refractivity contribution in [3.8, 4) is 0 Å². The first-order valence-electron chi connectivity index (χ1n) is 10.7. The molecule has 3 aromatic rings. The van der Waals surface area contributed by atoms with Crippen molar-refractivity contribution in [2.75, 3.05) is 11.4 Å². The average Bonchev–Trinajstić information content (AvgIpc) is 3.06. The lowest BCUT2D eigenvalue weighted by atomic mass is 9.98. The Labute approximate surface area is 199 Å². The highest BCUT2D eigenvalue weighted by atomic mass is 79.9. The van der Waals surface area contributed by atoms with Crippen molar-refractivity contribution in [3.05, 3.63) is 76.0 Å². The van der Waals surface area contributed by atoms with Crippen molar-refractivity contribution in [1.29, 1.82) is 0 Å². The number of hydrogen-bond donors (Lipinski definition) is 0. The zero-order valence-electron chi connectivity index (χ0n) is 17.3. The smallest absolute Gasteiger partial charge is 0.225 e. The zero-order chi connectivity index (χ0) is 22.4. The van der Waals surface area contributed by atoms with Crippen LogP contribution in [0.25, 0.3) is 10.9 Å². The van der Waals surface area contributed by atoms with Gasteiger partial charge in [0, 0.05) is 37.3 Å². The third kappa shape index (κ3) is 3.70. The number of nitrogens with zero attached hydrogens (tertiary/aromatic N) is 4. The summed E-state index contributed by atoms with van der Waals surface area (Å²) >= 11 is 9.50. The second-order valence-electron chi connectivity index (χ2n) is 8.39. The second-order valence-corrected chi connectivity index (χ2v) is 9.53. The maximum atomic E-state index is 14.6. The molecule has 0 radical (unpaired) electrons. The second kappa shape index (κ2) is 8.69. The molecule has 1 aromatic heterocycles. The molecule has 32 heavy (non-hydrogen) atoms. The molecule has 2 saturated heterocycles. The first kappa shape index (κ1) is 21.7. The third-order valence-electron chi connectivity index (χ3n) is 6.60. The van der Waals surface area contributed by atoms with Crippen LogP contribution in [0.5, 0.6) is 0 Å². The van der Waals surface area contributed by atoms with Crippen molar-refractivity contribution in [1.82, 2.24) is 14.9 Å². The zero-order valence-corrected chi connectivity index (χ0v) is 19.7. The molecule has 3 atom stereocenters.